The van der Waals surface area contributed by atoms with Crippen LogP contribution in [-0.4, -0.2) is 61.8 Å². The van der Waals surface area contributed by atoms with Crippen molar-refractivity contribution in [2.75, 3.05) is 38.7 Å². The van der Waals surface area contributed by atoms with Crippen LogP contribution >= 0.6 is 25.3 Å². The molecule has 3 atom stereocenters. The summed E-state index contributed by atoms with van der Waals surface area (Å²) in [4.78, 5) is 39.4. The summed E-state index contributed by atoms with van der Waals surface area (Å²) in [6.07, 6.45) is 1.81. The Hall–Kier alpha value is -0.930. The van der Waals surface area contributed by atoms with Gasteiger partial charge in [0.1, 0.15) is 13.2 Å². The Morgan fingerprint density at radius 3 is 1.66 bits per heavy atom. The molecular weight excluding hydrogens is 558 g/mol. The fourth-order valence-corrected chi connectivity index (χ4v) is 5.62. The van der Waals surface area contributed by atoms with Crippen LogP contribution < -0.4 is 5.32 Å². The molecule has 0 aromatic heterocycles. The van der Waals surface area contributed by atoms with Gasteiger partial charge in [-0.2, -0.15) is 25.3 Å². The Bertz CT molecular complexity index is 859. The van der Waals surface area contributed by atoms with Gasteiger partial charge in [0.25, 0.3) is 0 Å². The van der Waals surface area contributed by atoms with Gasteiger partial charge in [0.2, 0.25) is 0 Å². The van der Waals surface area contributed by atoms with Crippen molar-refractivity contribution >= 4 is 43.2 Å². The molecule has 0 spiro atoms. The number of rotatable bonds is 17. The highest BCUT2D eigenvalue weighted by Crippen LogP contribution is 2.61. The predicted octanol–water partition coefficient (Wildman–Crippen LogP) is 6.78. The van der Waals surface area contributed by atoms with Crippen LogP contribution in [0.25, 0.3) is 0 Å². The van der Waals surface area contributed by atoms with E-state index in [1.165, 1.54) is 0 Å². The lowest BCUT2D eigenvalue weighted by Gasteiger charge is -2.56. The smallest absolute Gasteiger partial charge is 0.318 e. The molecule has 0 aliphatic heterocycles. The van der Waals surface area contributed by atoms with Crippen molar-refractivity contribution in [2.24, 2.45) is 32.5 Å². The van der Waals surface area contributed by atoms with Crippen LogP contribution in [0.15, 0.2) is 0 Å². The zero-order chi connectivity index (χ0) is 32.5. The molecule has 0 rings (SSSR count). The summed E-state index contributed by atoms with van der Waals surface area (Å²) in [6.45, 7) is 28.5. The average Bonchev–Trinajstić information content (AvgIpc) is 2.80. The number of nitrogens with one attached hydrogen (secondary N) is 1. The topological polar surface area (TPSA) is 90.9 Å². The Balaban J connectivity index is 6.12. The summed E-state index contributed by atoms with van der Waals surface area (Å²) >= 11 is 8.29. The van der Waals surface area contributed by atoms with Gasteiger partial charge in [0.15, 0.2) is 0 Å². The third-order valence-corrected chi connectivity index (χ3v) is 9.66. The van der Waals surface area contributed by atoms with Crippen LogP contribution in [0, 0.1) is 32.5 Å². The van der Waals surface area contributed by atoms with Crippen molar-refractivity contribution in [2.45, 2.75) is 115 Å². The van der Waals surface area contributed by atoms with Crippen LogP contribution in [0.3, 0.4) is 0 Å². The van der Waals surface area contributed by atoms with Gasteiger partial charge in [-0.1, -0.05) is 69.2 Å². The molecular formula is C32H61NO6S2. The van der Waals surface area contributed by atoms with Gasteiger partial charge in [-0.05, 0) is 68.2 Å². The lowest BCUT2D eigenvalue weighted by Crippen LogP contribution is -2.56. The first-order chi connectivity index (χ1) is 18.4. The Morgan fingerprint density at radius 2 is 1.20 bits per heavy atom. The maximum atomic E-state index is 13.9. The molecule has 0 bridgehead atoms. The van der Waals surface area contributed by atoms with E-state index in [9.17, 15) is 14.4 Å². The number of thiol groups is 2. The quantitative estimate of drug-likeness (QED) is 0.0716. The molecule has 3 unspecified atom stereocenters. The molecule has 0 aromatic carbocycles. The molecule has 0 saturated heterocycles. The third-order valence-electron chi connectivity index (χ3n) is 9.23. The van der Waals surface area contributed by atoms with Crippen molar-refractivity contribution in [3.63, 3.8) is 0 Å². The fraction of sp³-hybridized carbons (Fsp3) is 0.906. The summed E-state index contributed by atoms with van der Waals surface area (Å²) in [6, 6.07) is 0. The summed E-state index contributed by atoms with van der Waals surface area (Å²) in [7, 11) is 0. The summed E-state index contributed by atoms with van der Waals surface area (Å²) in [5.41, 5.74) is -3.38. The maximum absolute atomic E-state index is 13.9. The largest absolute Gasteiger partial charge is 0.465 e. The van der Waals surface area contributed by atoms with E-state index in [4.69, 9.17) is 14.2 Å². The van der Waals surface area contributed by atoms with Gasteiger partial charge in [0, 0.05) is 12.3 Å². The second-order valence-electron chi connectivity index (χ2n) is 15.3. The number of esters is 3. The van der Waals surface area contributed by atoms with Crippen molar-refractivity contribution in [1.29, 1.82) is 0 Å². The number of carbonyl (C=O) groups excluding carboxylic acids is 3. The van der Waals surface area contributed by atoms with Crippen LogP contribution in [0.5, 0.6) is 0 Å². The molecule has 0 aliphatic rings. The van der Waals surface area contributed by atoms with E-state index in [1.54, 1.807) is 6.92 Å². The zero-order valence-electron chi connectivity index (χ0n) is 28.3. The summed E-state index contributed by atoms with van der Waals surface area (Å²) < 4.78 is 16.8. The SMILES string of the molecule is CC(S)C(=O)OCCOC(=O)C(C)(CC(C)(C)C)C(C)(C)C(C)(C)CC(C)(C(=O)OCCCNCCS)C(C)(C)C. The highest BCUT2D eigenvalue weighted by Gasteiger charge is 2.60. The molecule has 0 fully saturated rings. The van der Waals surface area contributed by atoms with Crippen LogP contribution in [0.2, 0.25) is 0 Å². The second kappa shape index (κ2) is 15.7. The fourth-order valence-electron chi connectivity index (χ4n) is 5.39. The molecule has 7 nitrogen and oxygen atoms in total. The Labute approximate surface area is 262 Å². The zero-order valence-corrected chi connectivity index (χ0v) is 30.1. The summed E-state index contributed by atoms with van der Waals surface area (Å²) in [5, 5.41) is 2.72. The number of hydrogen-bond acceptors (Lipinski definition) is 9. The Morgan fingerprint density at radius 1 is 0.707 bits per heavy atom. The molecule has 0 aromatic rings. The molecule has 9 heteroatoms. The van der Waals surface area contributed by atoms with Gasteiger partial charge in [-0.15, -0.1) is 0 Å². The van der Waals surface area contributed by atoms with Gasteiger partial charge in [0.05, 0.1) is 22.7 Å². The minimum atomic E-state index is -0.906. The van der Waals surface area contributed by atoms with Crippen molar-refractivity contribution in [3.05, 3.63) is 0 Å². The summed E-state index contributed by atoms with van der Waals surface area (Å²) in [5.74, 6) is -0.250. The molecule has 0 aliphatic carbocycles. The normalized spacial score (nSPS) is 16.8. The van der Waals surface area contributed by atoms with E-state index >= 15 is 0 Å². The van der Waals surface area contributed by atoms with Gasteiger partial charge in [-0.25, -0.2) is 0 Å². The van der Waals surface area contributed by atoms with E-state index in [0.29, 0.717) is 19.4 Å². The molecule has 242 valence electrons. The first kappa shape index (κ1) is 40.1. The molecule has 0 heterocycles. The van der Waals surface area contributed by atoms with E-state index < -0.39 is 38.3 Å². The predicted molar refractivity (Wildman–Crippen MR) is 175 cm³/mol. The molecule has 41 heavy (non-hydrogen) atoms. The van der Waals surface area contributed by atoms with E-state index in [1.807, 2.05) is 13.8 Å². The highest BCUT2D eigenvalue weighted by atomic mass is 32.1. The van der Waals surface area contributed by atoms with E-state index in [2.05, 4.69) is 99.8 Å². The average molecular weight is 620 g/mol. The maximum Gasteiger partial charge on any atom is 0.318 e. The minimum absolute atomic E-state index is 0.0248. The third kappa shape index (κ3) is 11.3. The Kier molecular flexibility index (Phi) is 15.3. The molecule has 0 saturated carbocycles. The van der Waals surface area contributed by atoms with Crippen molar-refractivity contribution in [1.82, 2.24) is 5.32 Å². The van der Waals surface area contributed by atoms with Crippen LogP contribution in [0.1, 0.15) is 109 Å². The number of ether oxygens (including phenoxy) is 3. The number of carbonyl (C=O) groups is 3. The first-order valence-electron chi connectivity index (χ1n) is 14.9. The lowest BCUT2D eigenvalue weighted by molar-refractivity contribution is -0.183. The lowest BCUT2D eigenvalue weighted by atomic mass is 9.47. The highest BCUT2D eigenvalue weighted by molar-refractivity contribution is 7.81. The molecule has 0 amide bonds. The van der Waals surface area contributed by atoms with E-state index in [0.717, 1.165) is 25.3 Å². The van der Waals surface area contributed by atoms with E-state index in [-0.39, 0.29) is 30.6 Å². The van der Waals surface area contributed by atoms with Gasteiger partial charge in [-0.3, -0.25) is 14.4 Å². The standard InChI is InChI=1S/C32H61NO6S2/c1-23(41)24(34)37-18-19-39-26(36)32(13,21-27(2,3)4)30(10,11)29(8,9)22-31(12,28(5,6)7)25(35)38-17-14-15-33-16-20-40/h23,33,40-41H,14-22H2,1-13H3. The second-order valence-corrected chi connectivity index (χ2v) is 16.5. The minimum Gasteiger partial charge on any atom is -0.465 e. The van der Waals surface area contributed by atoms with Gasteiger partial charge < -0.3 is 19.5 Å². The van der Waals surface area contributed by atoms with Crippen molar-refractivity contribution in [3.8, 4) is 0 Å². The molecule has 1 N–H and O–H groups in total. The van der Waals surface area contributed by atoms with Gasteiger partial charge >= 0.3 is 17.9 Å². The molecule has 0 radical (unpaired) electrons. The number of hydrogen-bond donors (Lipinski definition) is 3. The first-order valence-corrected chi connectivity index (χ1v) is 16.1. The monoisotopic (exact) mass is 619 g/mol. The van der Waals surface area contributed by atoms with Crippen LogP contribution in [-0.2, 0) is 28.6 Å². The van der Waals surface area contributed by atoms with Crippen molar-refractivity contribution < 1.29 is 28.6 Å². The van der Waals surface area contributed by atoms with Crippen LogP contribution in [0.4, 0.5) is 0 Å².